The third-order valence-electron chi connectivity index (χ3n) is 4.14. The molecule has 2 heterocycles. The van der Waals surface area contributed by atoms with Gasteiger partial charge in [-0.1, -0.05) is 29.3 Å². The molecule has 2 amide bonds. The molecule has 0 unspecified atom stereocenters. The highest BCUT2D eigenvalue weighted by Crippen LogP contribution is 2.26. The Kier molecular flexibility index (Phi) is 5.71. The second-order valence-corrected chi connectivity index (χ2v) is 6.69. The Morgan fingerprint density at radius 1 is 1.26 bits per heavy atom. The molecule has 1 aliphatic rings. The van der Waals surface area contributed by atoms with Gasteiger partial charge in [-0.05, 0) is 31.2 Å². The van der Waals surface area contributed by atoms with Gasteiger partial charge in [-0.2, -0.15) is 0 Å². The number of carbonyl (C=O) groups excluding carboxylic acids is 3. The summed E-state index contributed by atoms with van der Waals surface area (Å²) in [5.41, 5.74) is 1.83. The van der Waals surface area contributed by atoms with Crippen LogP contribution in [0.2, 0.25) is 5.02 Å². The highest BCUT2D eigenvalue weighted by molar-refractivity contribution is 6.30. The zero-order valence-corrected chi connectivity index (χ0v) is 15.4. The minimum absolute atomic E-state index is 0.0626. The molecule has 2 aromatic rings. The fourth-order valence-corrected chi connectivity index (χ4v) is 2.83. The summed E-state index contributed by atoms with van der Waals surface area (Å²) in [5, 5.41) is 2.95. The van der Waals surface area contributed by atoms with Gasteiger partial charge < -0.3 is 15.0 Å². The number of amides is 2. The normalized spacial score (nSPS) is 16.3. The number of rotatable bonds is 5. The van der Waals surface area contributed by atoms with Crippen LogP contribution in [-0.4, -0.2) is 35.9 Å². The summed E-state index contributed by atoms with van der Waals surface area (Å²) < 4.78 is 5.05. The molecule has 140 valence electrons. The number of anilines is 2. The van der Waals surface area contributed by atoms with Crippen LogP contribution < -0.4 is 10.2 Å². The monoisotopic (exact) mass is 387 g/mol. The Bertz CT molecular complexity index is 852. The van der Waals surface area contributed by atoms with Crippen molar-refractivity contribution in [1.82, 2.24) is 4.98 Å². The van der Waals surface area contributed by atoms with Crippen LogP contribution in [0.5, 0.6) is 0 Å². The van der Waals surface area contributed by atoms with Gasteiger partial charge in [0.1, 0.15) is 5.82 Å². The Labute approximate surface area is 161 Å². The second kappa shape index (κ2) is 8.18. The summed E-state index contributed by atoms with van der Waals surface area (Å²) in [7, 11) is 0. The Hall–Kier alpha value is -2.93. The van der Waals surface area contributed by atoms with E-state index in [4.69, 9.17) is 16.3 Å². The molecule has 0 radical (unpaired) electrons. The van der Waals surface area contributed by atoms with Crippen LogP contribution in [0.15, 0.2) is 42.6 Å². The van der Waals surface area contributed by atoms with Gasteiger partial charge >= 0.3 is 5.97 Å². The summed E-state index contributed by atoms with van der Waals surface area (Å²) in [6, 6.07) is 10.6. The largest absolute Gasteiger partial charge is 0.455 e. The molecule has 1 atom stereocenters. The predicted molar refractivity (Wildman–Crippen MR) is 100 cm³/mol. The van der Waals surface area contributed by atoms with Crippen molar-refractivity contribution < 1.29 is 19.1 Å². The van der Waals surface area contributed by atoms with E-state index < -0.39 is 24.4 Å². The molecule has 8 heteroatoms. The van der Waals surface area contributed by atoms with Crippen LogP contribution in [0, 0.1) is 12.8 Å². The maximum absolute atomic E-state index is 12.2. The number of nitrogens with zero attached hydrogens (tertiary/aromatic N) is 2. The number of hydrogen-bond acceptors (Lipinski definition) is 5. The zero-order chi connectivity index (χ0) is 19.4. The van der Waals surface area contributed by atoms with Crippen LogP contribution >= 0.6 is 11.6 Å². The maximum atomic E-state index is 12.2. The number of ether oxygens (including phenoxy) is 1. The number of nitrogens with one attached hydrogen (secondary N) is 1. The molecule has 1 saturated heterocycles. The van der Waals surface area contributed by atoms with Crippen LogP contribution in [0.3, 0.4) is 0 Å². The van der Waals surface area contributed by atoms with Gasteiger partial charge in [0.2, 0.25) is 5.91 Å². The summed E-state index contributed by atoms with van der Waals surface area (Å²) in [6.45, 7) is 1.75. The highest BCUT2D eigenvalue weighted by Gasteiger charge is 2.36. The highest BCUT2D eigenvalue weighted by atomic mass is 35.5. The minimum atomic E-state index is -0.597. The van der Waals surface area contributed by atoms with E-state index in [0.717, 1.165) is 11.3 Å². The van der Waals surface area contributed by atoms with Gasteiger partial charge in [0, 0.05) is 24.8 Å². The number of benzene rings is 1. The van der Waals surface area contributed by atoms with Gasteiger partial charge in [0.25, 0.3) is 5.91 Å². The summed E-state index contributed by atoms with van der Waals surface area (Å²) in [4.78, 5) is 41.8. The maximum Gasteiger partial charge on any atom is 0.311 e. The molecule has 0 aliphatic carbocycles. The van der Waals surface area contributed by atoms with Crippen molar-refractivity contribution in [2.75, 3.05) is 23.4 Å². The number of carbonyl (C=O) groups is 3. The summed E-state index contributed by atoms with van der Waals surface area (Å²) in [5.74, 6) is -1.52. The van der Waals surface area contributed by atoms with Crippen molar-refractivity contribution in [3.8, 4) is 0 Å². The zero-order valence-electron chi connectivity index (χ0n) is 14.6. The van der Waals surface area contributed by atoms with E-state index in [9.17, 15) is 14.4 Å². The molecule has 0 spiro atoms. The van der Waals surface area contributed by atoms with Gasteiger partial charge in [-0.15, -0.1) is 0 Å². The fourth-order valence-electron chi connectivity index (χ4n) is 2.72. The number of aromatic nitrogens is 1. The van der Waals surface area contributed by atoms with Crippen molar-refractivity contribution in [3.05, 3.63) is 53.2 Å². The predicted octanol–water partition coefficient (Wildman–Crippen LogP) is 2.58. The first-order chi connectivity index (χ1) is 12.9. The van der Waals surface area contributed by atoms with Crippen LogP contribution in [0.1, 0.15) is 12.0 Å². The molecule has 1 aromatic carbocycles. The van der Waals surface area contributed by atoms with E-state index in [2.05, 4.69) is 10.3 Å². The van der Waals surface area contributed by atoms with Crippen molar-refractivity contribution in [2.45, 2.75) is 13.3 Å². The number of hydrogen-bond donors (Lipinski definition) is 1. The first-order valence-corrected chi connectivity index (χ1v) is 8.75. The van der Waals surface area contributed by atoms with Crippen LogP contribution in [0.4, 0.5) is 11.5 Å². The number of aryl methyl sites for hydroxylation is 1. The lowest BCUT2D eigenvalue weighted by Crippen LogP contribution is -2.28. The molecule has 1 aliphatic heterocycles. The number of halogens is 1. The SMILES string of the molecule is Cc1ccc(N2C[C@@H](C(=O)OCC(=O)Nc3ccc(Cl)cn3)CC2=O)cc1. The van der Waals surface area contributed by atoms with Crippen molar-refractivity contribution >= 4 is 40.9 Å². The molecule has 0 bridgehead atoms. The van der Waals surface area contributed by atoms with E-state index in [0.29, 0.717) is 10.8 Å². The van der Waals surface area contributed by atoms with E-state index in [1.807, 2.05) is 31.2 Å². The molecule has 0 saturated carbocycles. The van der Waals surface area contributed by atoms with Crippen LogP contribution in [-0.2, 0) is 19.1 Å². The van der Waals surface area contributed by atoms with Gasteiger partial charge in [-0.25, -0.2) is 4.98 Å². The second-order valence-electron chi connectivity index (χ2n) is 6.26. The first-order valence-electron chi connectivity index (χ1n) is 8.37. The molecule has 3 rings (SSSR count). The van der Waals surface area contributed by atoms with E-state index >= 15 is 0 Å². The Morgan fingerprint density at radius 3 is 2.67 bits per heavy atom. The quantitative estimate of drug-likeness (QED) is 0.796. The lowest BCUT2D eigenvalue weighted by Gasteiger charge is -2.16. The lowest BCUT2D eigenvalue weighted by molar-refractivity contribution is -0.151. The summed E-state index contributed by atoms with van der Waals surface area (Å²) >= 11 is 5.72. The molecular weight excluding hydrogens is 370 g/mol. The molecule has 1 N–H and O–H groups in total. The fraction of sp³-hybridized carbons (Fsp3) is 0.263. The number of esters is 1. The van der Waals surface area contributed by atoms with E-state index in [1.165, 1.54) is 12.3 Å². The molecule has 1 fully saturated rings. The topological polar surface area (TPSA) is 88.6 Å². The molecule has 1 aromatic heterocycles. The van der Waals surface area contributed by atoms with Gasteiger partial charge in [0.15, 0.2) is 6.61 Å². The van der Waals surface area contributed by atoms with Crippen molar-refractivity contribution in [1.29, 1.82) is 0 Å². The molecule has 7 nitrogen and oxygen atoms in total. The Balaban J connectivity index is 1.51. The van der Waals surface area contributed by atoms with Gasteiger partial charge in [-0.3, -0.25) is 14.4 Å². The average molecular weight is 388 g/mol. The third-order valence-corrected chi connectivity index (χ3v) is 4.37. The van der Waals surface area contributed by atoms with Crippen molar-refractivity contribution in [2.24, 2.45) is 5.92 Å². The summed E-state index contributed by atoms with van der Waals surface area (Å²) in [6.07, 6.45) is 1.46. The Morgan fingerprint density at radius 2 is 2.00 bits per heavy atom. The molecule has 27 heavy (non-hydrogen) atoms. The smallest absolute Gasteiger partial charge is 0.311 e. The van der Waals surface area contributed by atoms with Gasteiger partial charge in [0.05, 0.1) is 10.9 Å². The van der Waals surface area contributed by atoms with Crippen molar-refractivity contribution in [3.63, 3.8) is 0 Å². The standard InChI is InChI=1S/C19H18ClN3O4/c1-12-2-5-15(6-3-12)23-10-13(8-18(23)25)19(26)27-11-17(24)22-16-7-4-14(20)9-21-16/h2-7,9,13H,8,10-11H2,1H3,(H,21,22,24)/t13-/m0/s1. The number of pyridine rings is 1. The average Bonchev–Trinajstić information content (AvgIpc) is 3.04. The lowest BCUT2D eigenvalue weighted by atomic mass is 10.1. The van der Waals surface area contributed by atoms with E-state index in [-0.39, 0.29) is 18.9 Å². The first kappa shape index (κ1) is 18.8. The molecular formula is C19H18ClN3O4. The third kappa shape index (κ3) is 4.83. The van der Waals surface area contributed by atoms with E-state index in [1.54, 1.807) is 11.0 Å². The van der Waals surface area contributed by atoms with Crippen LogP contribution in [0.25, 0.3) is 0 Å². The minimum Gasteiger partial charge on any atom is -0.455 e.